The van der Waals surface area contributed by atoms with Crippen molar-refractivity contribution < 1.29 is 8.78 Å². The lowest BCUT2D eigenvalue weighted by Crippen LogP contribution is -2.31. The molecule has 0 amide bonds. The Hall–Kier alpha value is -0.180. The highest BCUT2D eigenvalue weighted by Crippen LogP contribution is 2.46. The van der Waals surface area contributed by atoms with Crippen LogP contribution in [0.25, 0.3) is 0 Å². The van der Waals surface area contributed by atoms with Gasteiger partial charge >= 0.3 is 0 Å². The van der Waals surface area contributed by atoms with Crippen molar-refractivity contribution in [1.82, 2.24) is 5.32 Å². The summed E-state index contributed by atoms with van der Waals surface area (Å²) >= 11 is 0. The Morgan fingerprint density at radius 2 is 2.00 bits per heavy atom. The average molecular weight is 175 g/mol. The van der Waals surface area contributed by atoms with Gasteiger partial charge in [-0.15, -0.1) is 0 Å². The number of hydrogen-bond acceptors (Lipinski definition) is 1. The molecule has 1 saturated carbocycles. The molecule has 70 valence electrons. The van der Waals surface area contributed by atoms with Crippen LogP contribution in [0.3, 0.4) is 0 Å². The van der Waals surface area contributed by atoms with Gasteiger partial charge in [0.25, 0.3) is 5.92 Å². The van der Waals surface area contributed by atoms with Gasteiger partial charge in [-0.1, -0.05) is 0 Å². The zero-order valence-electron chi connectivity index (χ0n) is 7.15. The Morgan fingerprint density at radius 1 is 1.25 bits per heavy atom. The van der Waals surface area contributed by atoms with Crippen molar-refractivity contribution in [3.05, 3.63) is 0 Å². The van der Waals surface area contributed by atoms with Gasteiger partial charge in [0.2, 0.25) is 0 Å². The first kappa shape index (κ1) is 8.42. The lowest BCUT2D eigenvalue weighted by Gasteiger charge is -2.19. The van der Waals surface area contributed by atoms with Crippen molar-refractivity contribution in [1.29, 1.82) is 0 Å². The van der Waals surface area contributed by atoms with Crippen LogP contribution in [0, 0.1) is 5.92 Å². The van der Waals surface area contributed by atoms with Gasteiger partial charge in [-0.3, -0.25) is 0 Å². The second kappa shape index (κ2) is 2.95. The Morgan fingerprint density at radius 3 is 2.50 bits per heavy atom. The fraction of sp³-hybridized carbons (Fsp3) is 1.00. The first-order valence-corrected chi connectivity index (χ1v) is 4.80. The Bertz CT molecular complexity index is 160. The SMILES string of the molecule is FC(F)(CC1CCCN1)C1CC1. The van der Waals surface area contributed by atoms with Crippen LogP contribution in [0.15, 0.2) is 0 Å². The molecule has 3 heteroatoms. The van der Waals surface area contributed by atoms with Crippen LogP contribution >= 0.6 is 0 Å². The molecule has 1 aliphatic carbocycles. The minimum atomic E-state index is -2.39. The van der Waals surface area contributed by atoms with E-state index in [9.17, 15) is 8.78 Å². The largest absolute Gasteiger partial charge is 0.314 e. The highest BCUT2D eigenvalue weighted by atomic mass is 19.3. The van der Waals surface area contributed by atoms with Crippen LogP contribution in [0.5, 0.6) is 0 Å². The molecule has 1 nitrogen and oxygen atoms in total. The van der Waals surface area contributed by atoms with Crippen LogP contribution in [-0.4, -0.2) is 18.5 Å². The lowest BCUT2D eigenvalue weighted by atomic mass is 10.0. The maximum Gasteiger partial charge on any atom is 0.252 e. The highest BCUT2D eigenvalue weighted by molar-refractivity contribution is 4.91. The molecule has 1 heterocycles. The van der Waals surface area contributed by atoms with Crippen molar-refractivity contribution in [3.8, 4) is 0 Å². The number of halogens is 2. The van der Waals surface area contributed by atoms with E-state index in [1.165, 1.54) is 0 Å². The molecule has 1 aliphatic heterocycles. The molecule has 2 aliphatic rings. The van der Waals surface area contributed by atoms with Gasteiger partial charge in [-0.2, -0.15) is 0 Å². The van der Waals surface area contributed by atoms with Gasteiger partial charge in [0.15, 0.2) is 0 Å². The smallest absolute Gasteiger partial charge is 0.252 e. The molecule has 0 spiro atoms. The second-order valence-electron chi connectivity index (χ2n) is 4.03. The normalized spacial score (nSPS) is 31.0. The molecule has 12 heavy (non-hydrogen) atoms. The molecule has 0 radical (unpaired) electrons. The molecule has 0 aromatic carbocycles. The summed E-state index contributed by atoms with van der Waals surface area (Å²) in [6.45, 7) is 0.922. The third-order valence-electron chi connectivity index (χ3n) is 2.86. The summed E-state index contributed by atoms with van der Waals surface area (Å²) in [7, 11) is 0. The number of hydrogen-bond donors (Lipinski definition) is 1. The molecular weight excluding hydrogens is 160 g/mol. The minimum Gasteiger partial charge on any atom is -0.314 e. The molecular formula is C9H15F2N. The Balaban J connectivity index is 1.83. The minimum absolute atomic E-state index is 0.0671. The summed E-state index contributed by atoms with van der Waals surface area (Å²) < 4.78 is 26.4. The molecule has 0 aromatic heterocycles. The number of rotatable bonds is 3. The zero-order chi connectivity index (χ0) is 8.60. The molecule has 1 saturated heterocycles. The van der Waals surface area contributed by atoms with Gasteiger partial charge in [0.05, 0.1) is 0 Å². The summed E-state index contributed by atoms with van der Waals surface area (Å²) in [5.41, 5.74) is 0. The standard InChI is InChI=1S/C9H15F2N/c10-9(11,7-3-4-7)6-8-2-1-5-12-8/h7-8,12H,1-6H2. The van der Waals surface area contributed by atoms with Gasteiger partial charge < -0.3 is 5.32 Å². The van der Waals surface area contributed by atoms with Crippen LogP contribution in [-0.2, 0) is 0 Å². The first-order valence-electron chi connectivity index (χ1n) is 4.80. The molecule has 2 rings (SSSR count). The van der Waals surface area contributed by atoms with Crippen LogP contribution < -0.4 is 5.32 Å². The van der Waals surface area contributed by atoms with E-state index in [1.807, 2.05) is 0 Å². The summed E-state index contributed by atoms with van der Waals surface area (Å²) in [5, 5.41) is 3.12. The Labute approximate surface area is 71.5 Å². The van der Waals surface area contributed by atoms with Crippen LogP contribution in [0.4, 0.5) is 8.78 Å². The van der Waals surface area contributed by atoms with E-state index in [0.717, 1.165) is 32.2 Å². The van der Waals surface area contributed by atoms with E-state index < -0.39 is 5.92 Å². The van der Waals surface area contributed by atoms with E-state index in [-0.39, 0.29) is 18.4 Å². The van der Waals surface area contributed by atoms with Gasteiger partial charge in [0, 0.05) is 18.4 Å². The molecule has 1 unspecified atom stereocenters. The summed E-state index contributed by atoms with van der Waals surface area (Å²) in [5.74, 6) is -2.68. The highest BCUT2D eigenvalue weighted by Gasteiger charge is 2.47. The van der Waals surface area contributed by atoms with Crippen LogP contribution in [0.2, 0.25) is 0 Å². The van der Waals surface area contributed by atoms with Crippen molar-refractivity contribution >= 4 is 0 Å². The predicted octanol–water partition coefficient (Wildman–Crippen LogP) is 2.17. The molecule has 2 fully saturated rings. The quantitative estimate of drug-likeness (QED) is 0.693. The zero-order valence-corrected chi connectivity index (χ0v) is 7.15. The van der Waals surface area contributed by atoms with Crippen molar-refractivity contribution in [2.45, 2.75) is 44.1 Å². The maximum atomic E-state index is 13.2. The summed E-state index contributed by atoms with van der Waals surface area (Å²) in [6, 6.07) is 0.0839. The summed E-state index contributed by atoms with van der Waals surface area (Å²) in [4.78, 5) is 0. The topological polar surface area (TPSA) is 12.0 Å². The lowest BCUT2D eigenvalue weighted by molar-refractivity contribution is -0.0375. The fourth-order valence-corrected chi connectivity index (χ4v) is 1.93. The molecule has 0 bridgehead atoms. The van der Waals surface area contributed by atoms with Crippen molar-refractivity contribution in [3.63, 3.8) is 0 Å². The first-order chi connectivity index (χ1) is 5.68. The van der Waals surface area contributed by atoms with E-state index in [4.69, 9.17) is 0 Å². The molecule has 1 N–H and O–H groups in total. The average Bonchev–Trinajstić information content (AvgIpc) is 2.74. The summed E-state index contributed by atoms with van der Waals surface area (Å²) in [6.07, 6.45) is 3.53. The van der Waals surface area contributed by atoms with Crippen LogP contribution in [0.1, 0.15) is 32.1 Å². The van der Waals surface area contributed by atoms with E-state index in [1.54, 1.807) is 0 Å². The van der Waals surface area contributed by atoms with Crippen molar-refractivity contribution in [2.24, 2.45) is 5.92 Å². The van der Waals surface area contributed by atoms with Gasteiger partial charge in [-0.25, -0.2) is 8.78 Å². The third kappa shape index (κ3) is 1.76. The maximum absolute atomic E-state index is 13.2. The van der Waals surface area contributed by atoms with Crippen molar-refractivity contribution in [2.75, 3.05) is 6.54 Å². The van der Waals surface area contributed by atoms with Gasteiger partial charge in [0.1, 0.15) is 0 Å². The third-order valence-corrected chi connectivity index (χ3v) is 2.86. The van der Waals surface area contributed by atoms with E-state index >= 15 is 0 Å². The predicted molar refractivity (Wildman–Crippen MR) is 43.3 cm³/mol. The van der Waals surface area contributed by atoms with Gasteiger partial charge in [-0.05, 0) is 32.2 Å². The monoisotopic (exact) mass is 175 g/mol. The second-order valence-corrected chi connectivity index (χ2v) is 4.03. The molecule has 0 aromatic rings. The van der Waals surface area contributed by atoms with E-state index in [0.29, 0.717) is 0 Å². The number of nitrogens with one attached hydrogen (secondary N) is 1. The fourth-order valence-electron chi connectivity index (χ4n) is 1.93. The molecule has 1 atom stereocenters. The Kier molecular flexibility index (Phi) is 2.07. The van der Waals surface area contributed by atoms with E-state index in [2.05, 4.69) is 5.32 Å². The number of alkyl halides is 2.